The molecule has 140 valence electrons. The number of fused-ring (bicyclic) bond motifs is 3. The lowest BCUT2D eigenvalue weighted by molar-refractivity contribution is -0.140. The number of anilines is 1. The molecule has 2 aliphatic heterocycles. The third-order valence-electron chi connectivity index (χ3n) is 5.42. The number of nitrogens with two attached hydrogens (primary N) is 1. The van der Waals surface area contributed by atoms with Gasteiger partial charge in [0.05, 0.1) is 12.8 Å². The first kappa shape index (κ1) is 17.3. The van der Waals surface area contributed by atoms with E-state index in [1.165, 1.54) is 7.11 Å². The highest BCUT2D eigenvalue weighted by Crippen LogP contribution is 2.56. The van der Waals surface area contributed by atoms with E-state index in [2.05, 4.69) is 5.32 Å². The molecule has 3 aliphatic rings. The van der Waals surface area contributed by atoms with Crippen LogP contribution in [0, 0.1) is 5.41 Å². The molecule has 0 saturated carbocycles. The Hall–Kier alpha value is -3.09. The summed E-state index contributed by atoms with van der Waals surface area (Å²) in [5.74, 6) is -1.77. The minimum Gasteiger partial charge on any atom is -0.463 e. The molecule has 3 N–H and O–H groups in total. The number of esters is 1. The topological polar surface area (TPSA) is 108 Å². The fourth-order valence-corrected chi connectivity index (χ4v) is 4.28. The Morgan fingerprint density at radius 2 is 1.93 bits per heavy atom. The molecule has 2 heterocycles. The molecule has 0 unspecified atom stereocenters. The van der Waals surface area contributed by atoms with Crippen LogP contribution in [0.4, 0.5) is 5.69 Å². The van der Waals surface area contributed by atoms with Crippen molar-refractivity contribution in [1.82, 2.24) is 0 Å². The average Bonchev–Trinajstić information content (AvgIpc) is 2.90. The SMILES string of the molecule is COC(=O)C1=C(N)[C@@]2(C(=O)Nc3ccccc32)C2=C(O1)C(=O)CC(C)(C)C2. The zero-order chi connectivity index (χ0) is 19.6. The molecule has 1 atom stereocenters. The molecule has 1 aromatic rings. The van der Waals surface area contributed by atoms with Gasteiger partial charge in [-0.1, -0.05) is 32.0 Å². The van der Waals surface area contributed by atoms with E-state index in [9.17, 15) is 14.4 Å². The number of nitrogens with one attached hydrogen (secondary N) is 1. The summed E-state index contributed by atoms with van der Waals surface area (Å²) in [4.78, 5) is 38.4. The first-order valence-electron chi connectivity index (χ1n) is 8.66. The highest BCUT2D eigenvalue weighted by atomic mass is 16.6. The third-order valence-corrected chi connectivity index (χ3v) is 5.42. The standard InChI is InChI=1S/C20H20N2O5/c1-19(2)8-11-14(13(23)9-19)27-15(17(24)26-3)16(21)20(11)10-6-4-5-7-12(10)22-18(20)25/h4-7H,8-9,21H2,1-3H3,(H,22,25)/t20-/m0/s1. The number of benzene rings is 1. The number of methoxy groups -OCH3 is 1. The Balaban J connectivity index is 2.07. The summed E-state index contributed by atoms with van der Waals surface area (Å²) in [6.07, 6.45) is 0.685. The van der Waals surface area contributed by atoms with E-state index in [0.717, 1.165) is 0 Å². The summed E-state index contributed by atoms with van der Waals surface area (Å²) in [5, 5.41) is 2.83. The van der Waals surface area contributed by atoms with Gasteiger partial charge < -0.3 is 20.5 Å². The molecule has 1 aliphatic carbocycles. The van der Waals surface area contributed by atoms with Gasteiger partial charge in [0.2, 0.25) is 11.7 Å². The summed E-state index contributed by atoms with van der Waals surface area (Å²) in [7, 11) is 1.19. The molecule has 1 aromatic carbocycles. The first-order valence-corrected chi connectivity index (χ1v) is 8.66. The quantitative estimate of drug-likeness (QED) is 0.733. The minimum atomic E-state index is -1.46. The fourth-order valence-electron chi connectivity index (χ4n) is 4.28. The van der Waals surface area contributed by atoms with Gasteiger partial charge in [0.1, 0.15) is 5.41 Å². The van der Waals surface area contributed by atoms with E-state index >= 15 is 0 Å². The van der Waals surface area contributed by atoms with Crippen LogP contribution in [0.3, 0.4) is 0 Å². The maximum Gasteiger partial charge on any atom is 0.375 e. The molecular weight excluding hydrogens is 348 g/mol. The Morgan fingerprint density at radius 3 is 2.63 bits per heavy atom. The Bertz CT molecular complexity index is 972. The van der Waals surface area contributed by atoms with Gasteiger partial charge in [-0.25, -0.2) is 4.79 Å². The van der Waals surface area contributed by atoms with Gasteiger partial charge in [0.25, 0.3) is 0 Å². The number of carbonyl (C=O) groups excluding carboxylic acids is 3. The lowest BCUT2D eigenvalue weighted by Crippen LogP contribution is -2.49. The van der Waals surface area contributed by atoms with Crippen molar-refractivity contribution in [1.29, 1.82) is 0 Å². The number of allylic oxidation sites excluding steroid dienone is 1. The van der Waals surface area contributed by atoms with Crippen molar-refractivity contribution < 1.29 is 23.9 Å². The van der Waals surface area contributed by atoms with E-state index < -0.39 is 17.3 Å². The van der Waals surface area contributed by atoms with E-state index in [-0.39, 0.29) is 34.8 Å². The Labute approximate surface area is 156 Å². The molecule has 4 rings (SSSR count). The largest absolute Gasteiger partial charge is 0.463 e. The zero-order valence-corrected chi connectivity index (χ0v) is 15.3. The third kappa shape index (κ3) is 2.17. The Kier molecular flexibility index (Phi) is 3.50. The van der Waals surface area contributed by atoms with Crippen LogP contribution in [0.5, 0.6) is 0 Å². The first-order chi connectivity index (χ1) is 12.7. The summed E-state index contributed by atoms with van der Waals surface area (Å²) < 4.78 is 10.4. The molecule has 1 spiro atoms. The molecule has 7 heteroatoms. The second-order valence-electron chi connectivity index (χ2n) is 7.83. The van der Waals surface area contributed by atoms with Crippen LogP contribution in [-0.4, -0.2) is 24.8 Å². The molecule has 0 bridgehead atoms. The van der Waals surface area contributed by atoms with Gasteiger partial charge in [-0.2, -0.15) is 0 Å². The van der Waals surface area contributed by atoms with Gasteiger partial charge in [0.15, 0.2) is 11.5 Å². The number of amides is 1. The van der Waals surface area contributed by atoms with Crippen molar-refractivity contribution in [3.05, 3.63) is 52.6 Å². The van der Waals surface area contributed by atoms with Gasteiger partial charge in [0, 0.05) is 23.2 Å². The number of hydrogen-bond acceptors (Lipinski definition) is 6. The number of hydrogen-bond donors (Lipinski definition) is 2. The van der Waals surface area contributed by atoms with Crippen LogP contribution >= 0.6 is 0 Å². The lowest BCUT2D eigenvalue weighted by atomic mass is 9.62. The maximum absolute atomic E-state index is 13.3. The van der Waals surface area contributed by atoms with Crippen LogP contribution in [0.1, 0.15) is 32.3 Å². The van der Waals surface area contributed by atoms with Crippen molar-refractivity contribution >= 4 is 23.3 Å². The summed E-state index contributed by atoms with van der Waals surface area (Å²) in [6, 6.07) is 7.12. The highest BCUT2D eigenvalue weighted by molar-refractivity contribution is 6.14. The second kappa shape index (κ2) is 5.45. The highest BCUT2D eigenvalue weighted by Gasteiger charge is 2.59. The minimum absolute atomic E-state index is 0.0239. The smallest absolute Gasteiger partial charge is 0.375 e. The predicted molar refractivity (Wildman–Crippen MR) is 96.1 cm³/mol. The molecule has 0 radical (unpaired) electrons. The van der Waals surface area contributed by atoms with Gasteiger partial charge in [-0.3, -0.25) is 9.59 Å². The fraction of sp³-hybridized carbons (Fsp3) is 0.350. The summed E-state index contributed by atoms with van der Waals surface area (Å²) in [6.45, 7) is 3.91. The van der Waals surface area contributed by atoms with Crippen molar-refractivity contribution in [2.45, 2.75) is 32.1 Å². The van der Waals surface area contributed by atoms with Crippen molar-refractivity contribution in [3.63, 3.8) is 0 Å². The summed E-state index contributed by atoms with van der Waals surface area (Å²) in [5.41, 5.74) is 6.21. The predicted octanol–water partition coefficient (Wildman–Crippen LogP) is 1.89. The number of para-hydroxylation sites is 1. The number of carbonyl (C=O) groups is 3. The van der Waals surface area contributed by atoms with Crippen molar-refractivity contribution in [2.75, 3.05) is 12.4 Å². The van der Waals surface area contributed by atoms with Crippen LogP contribution in [-0.2, 0) is 29.3 Å². The molecular formula is C20H20N2O5. The van der Waals surface area contributed by atoms with E-state index in [4.69, 9.17) is 15.2 Å². The van der Waals surface area contributed by atoms with Crippen LogP contribution in [0.2, 0.25) is 0 Å². The number of Topliss-reactive ketones (excluding diaryl/α,β-unsaturated/α-hetero) is 1. The average molecular weight is 368 g/mol. The lowest BCUT2D eigenvalue weighted by Gasteiger charge is -2.42. The van der Waals surface area contributed by atoms with Gasteiger partial charge >= 0.3 is 5.97 Å². The van der Waals surface area contributed by atoms with E-state index in [0.29, 0.717) is 23.2 Å². The Morgan fingerprint density at radius 1 is 1.22 bits per heavy atom. The van der Waals surface area contributed by atoms with E-state index in [1.54, 1.807) is 24.3 Å². The van der Waals surface area contributed by atoms with E-state index in [1.807, 2.05) is 13.8 Å². The molecule has 1 amide bonds. The van der Waals surface area contributed by atoms with Crippen molar-refractivity contribution in [3.8, 4) is 0 Å². The number of ketones is 1. The number of rotatable bonds is 1. The van der Waals surface area contributed by atoms with Gasteiger partial charge in [-0.15, -0.1) is 0 Å². The summed E-state index contributed by atoms with van der Waals surface area (Å²) >= 11 is 0. The van der Waals surface area contributed by atoms with Crippen LogP contribution < -0.4 is 11.1 Å². The van der Waals surface area contributed by atoms with Crippen LogP contribution in [0.15, 0.2) is 47.1 Å². The number of ether oxygens (including phenoxy) is 2. The zero-order valence-electron chi connectivity index (χ0n) is 15.3. The second-order valence-corrected chi connectivity index (χ2v) is 7.83. The molecule has 0 saturated heterocycles. The maximum atomic E-state index is 13.3. The van der Waals surface area contributed by atoms with Gasteiger partial charge in [-0.05, 0) is 17.9 Å². The molecule has 0 aromatic heterocycles. The van der Waals surface area contributed by atoms with Crippen molar-refractivity contribution in [2.24, 2.45) is 11.1 Å². The molecule has 0 fully saturated rings. The normalized spacial score (nSPS) is 25.7. The van der Waals surface area contributed by atoms with Crippen LogP contribution in [0.25, 0.3) is 0 Å². The monoisotopic (exact) mass is 368 g/mol. The molecule has 27 heavy (non-hydrogen) atoms. The molecule has 7 nitrogen and oxygen atoms in total.